The third kappa shape index (κ3) is 1.54. The van der Waals surface area contributed by atoms with Crippen LogP contribution >= 0.6 is 0 Å². The van der Waals surface area contributed by atoms with Gasteiger partial charge >= 0.3 is 0 Å². The lowest BCUT2D eigenvalue weighted by atomic mass is 9.86. The van der Waals surface area contributed by atoms with E-state index in [1.807, 2.05) is 20.8 Å². The third-order valence-electron chi connectivity index (χ3n) is 3.13. The number of hydrogen-bond donors (Lipinski definition) is 0. The van der Waals surface area contributed by atoms with Crippen LogP contribution in [0.4, 0.5) is 0 Å². The highest BCUT2D eigenvalue weighted by molar-refractivity contribution is 6.08. The van der Waals surface area contributed by atoms with Crippen LogP contribution in [0.25, 0.3) is 21.8 Å². The van der Waals surface area contributed by atoms with E-state index in [0.717, 1.165) is 0 Å². The normalized spacial score (nSPS) is 17.9. The fourth-order valence-corrected chi connectivity index (χ4v) is 2.05. The zero-order valence-corrected chi connectivity index (χ0v) is 10.9. The van der Waals surface area contributed by atoms with Gasteiger partial charge in [-0.15, -0.1) is 0 Å². The molecule has 0 bridgehead atoms. The van der Waals surface area contributed by atoms with Crippen LogP contribution in [0.15, 0.2) is 42.3 Å². The molecule has 0 radical (unpaired) electrons. The van der Waals surface area contributed by atoms with Gasteiger partial charge in [0.1, 0.15) is 0 Å². The molecular weight excluding hydrogens is 218 g/mol. The first-order chi connectivity index (χ1) is 11.4. The van der Waals surface area contributed by atoms with Crippen molar-refractivity contribution in [2.75, 3.05) is 0 Å². The van der Waals surface area contributed by atoms with Crippen molar-refractivity contribution in [2.24, 2.45) is 7.05 Å². The summed E-state index contributed by atoms with van der Waals surface area (Å²) in [5, 5.41) is 0.448. The highest BCUT2D eigenvalue weighted by Gasteiger charge is 2.15. The summed E-state index contributed by atoms with van der Waals surface area (Å²) in [6, 6.07) is -1.23. The van der Waals surface area contributed by atoms with Crippen molar-refractivity contribution in [1.29, 1.82) is 0 Å². The molecule has 1 aromatic heterocycles. The van der Waals surface area contributed by atoms with Crippen molar-refractivity contribution in [3.8, 4) is 0 Å². The van der Waals surface area contributed by atoms with E-state index < -0.39 is 5.41 Å². The summed E-state index contributed by atoms with van der Waals surface area (Å²) < 4.78 is 59.2. The minimum atomic E-state index is -0.511. The largest absolute Gasteiger partial charge is 0.344 e. The van der Waals surface area contributed by atoms with Crippen molar-refractivity contribution in [3.63, 3.8) is 0 Å². The maximum atomic E-state index is 8.61. The minimum Gasteiger partial charge on any atom is -0.344 e. The van der Waals surface area contributed by atoms with Crippen molar-refractivity contribution < 1.29 is 9.60 Å². The van der Waals surface area contributed by atoms with Crippen LogP contribution in [-0.2, 0) is 12.5 Å². The number of benzene rings is 2. The Kier molecular flexibility index (Phi) is 1.19. The maximum Gasteiger partial charge on any atom is 0.0648 e. The molecule has 18 heavy (non-hydrogen) atoms. The van der Waals surface area contributed by atoms with Crippen molar-refractivity contribution in [3.05, 3.63) is 47.9 Å². The molecule has 1 heterocycles. The molecule has 0 fully saturated rings. The molecule has 0 atom stereocenters. The predicted octanol–water partition coefficient (Wildman–Crippen LogP) is 4.63. The summed E-state index contributed by atoms with van der Waals surface area (Å²) >= 11 is 0. The van der Waals surface area contributed by atoms with Crippen molar-refractivity contribution >= 4 is 21.8 Å². The molecule has 3 aromatic rings. The van der Waals surface area contributed by atoms with Gasteiger partial charge in [0, 0.05) is 28.9 Å². The monoisotopic (exact) mass is 244 g/mol. The average molecular weight is 244 g/mol. The number of hydrogen-bond acceptors (Lipinski definition) is 0. The van der Waals surface area contributed by atoms with Gasteiger partial charge in [0.15, 0.2) is 0 Å². The Morgan fingerprint density at radius 3 is 2.33 bits per heavy atom. The zero-order valence-electron chi connectivity index (χ0n) is 17.9. The third-order valence-corrected chi connectivity index (χ3v) is 3.13. The summed E-state index contributed by atoms with van der Waals surface area (Å²) in [4.78, 5) is 0. The van der Waals surface area contributed by atoms with Gasteiger partial charge in [-0.2, -0.15) is 0 Å². The summed E-state index contributed by atoms with van der Waals surface area (Å²) in [6.07, 6.45) is 0. The second-order valence-corrected chi connectivity index (χ2v) is 5.51. The molecule has 0 N–H and O–H groups in total. The van der Waals surface area contributed by atoms with Gasteiger partial charge in [0.2, 0.25) is 0 Å². The molecule has 0 saturated carbocycles. The highest BCUT2D eigenvalue weighted by Crippen LogP contribution is 2.31. The first-order valence-corrected chi connectivity index (χ1v) is 5.89. The van der Waals surface area contributed by atoms with Crippen molar-refractivity contribution in [2.45, 2.75) is 26.2 Å². The number of rotatable bonds is 0. The molecule has 0 aliphatic heterocycles. The Balaban J connectivity index is 2.76. The van der Waals surface area contributed by atoms with E-state index in [-0.39, 0.29) is 58.6 Å². The Morgan fingerprint density at radius 1 is 0.944 bits per heavy atom. The first-order valence-electron chi connectivity index (χ1n) is 9.39. The molecule has 0 spiro atoms. The predicted molar refractivity (Wildman–Crippen MR) is 79.1 cm³/mol. The maximum absolute atomic E-state index is 8.61. The molecule has 0 unspecified atom stereocenters. The molecule has 0 aliphatic rings. The van der Waals surface area contributed by atoms with E-state index >= 15 is 0 Å². The topological polar surface area (TPSA) is 4.93 Å². The molecule has 1 heteroatoms. The summed E-state index contributed by atoms with van der Waals surface area (Å²) in [6.45, 7) is 5.63. The van der Waals surface area contributed by atoms with E-state index in [0.29, 0.717) is 11.1 Å². The molecule has 3 rings (SSSR count). The Labute approximate surface area is 118 Å². The van der Waals surface area contributed by atoms with Crippen LogP contribution in [0, 0.1) is 0 Å². The van der Waals surface area contributed by atoms with E-state index in [4.69, 9.17) is 9.60 Å². The minimum absolute atomic E-state index is 0.0649. The van der Waals surface area contributed by atoms with E-state index in [1.165, 1.54) is 0 Å². The van der Waals surface area contributed by atoms with Gasteiger partial charge in [-0.1, -0.05) is 51.0 Å². The van der Waals surface area contributed by atoms with Crippen LogP contribution in [0.2, 0.25) is 0 Å². The van der Waals surface area contributed by atoms with E-state index in [2.05, 4.69) is 0 Å². The second-order valence-electron chi connectivity index (χ2n) is 5.51. The first kappa shape index (κ1) is 5.92. The summed E-state index contributed by atoms with van der Waals surface area (Å²) in [5.74, 6) is 0. The number of aromatic nitrogens is 1. The number of aryl methyl sites for hydroxylation is 1. The Morgan fingerprint density at radius 2 is 1.61 bits per heavy atom. The fourth-order valence-electron chi connectivity index (χ4n) is 2.05. The van der Waals surface area contributed by atoms with Gasteiger partial charge in [-0.25, -0.2) is 0 Å². The van der Waals surface area contributed by atoms with Gasteiger partial charge < -0.3 is 4.57 Å². The fraction of sp³-hybridized carbons (Fsp3) is 0.294. The SMILES string of the molecule is [2H]c1c([2H])c([2H])c2c(c1[2H])c1c([2H])c([2H])c(C(C)(C)C)c([2H])c1n2C. The van der Waals surface area contributed by atoms with Crippen LogP contribution in [0.5, 0.6) is 0 Å². The van der Waals surface area contributed by atoms with Crippen LogP contribution in [0.3, 0.4) is 0 Å². The molecule has 2 aromatic carbocycles. The van der Waals surface area contributed by atoms with E-state index in [9.17, 15) is 0 Å². The highest BCUT2D eigenvalue weighted by atomic mass is 14.9. The zero-order chi connectivity index (χ0) is 19.0. The quantitative estimate of drug-likeness (QED) is 0.543. The number of nitrogens with zero attached hydrogens (tertiary/aromatic N) is 1. The van der Waals surface area contributed by atoms with Gasteiger partial charge in [0.05, 0.1) is 9.60 Å². The standard InChI is InChI=1S/C17H19N/c1-17(2,3)12-9-10-14-13-7-5-6-8-15(13)18(4)16(14)11-12/h5-11H,1-4H3/i5D,6D,7D,8D,9D,10D,11D. The van der Waals surface area contributed by atoms with Gasteiger partial charge in [0.25, 0.3) is 0 Å². The average Bonchev–Trinajstić information content (AvgIpc) is 2.81. The lowest BCUT2D eigenvalue weighted by molar-refractivity contribution is 0.591. The van der Waals surface area contributed by atoms with Gasteiger partial charge in [-0.3, -0.25) is 0 Å². The van der Waals surface area contributed by atoms with Gasteiger partial charge in [-0.05, 0) is 23.1 Å². The van der Waals surface area contributed by atoms with Crippen LogP contribution < -0.4 is 0 Å². The summed E-state index contributed by atoms with van der Waals surface area (Å²) in [5.41, 5.74) is 0.552. The summed E-state index contributed by atoms with van der Waals surface area (Å²) in [7, 11) is 1.64. The molecule has 0 saturated heterocycles. The lowest BCUT2D eigenvalue weighted by Gasteiger charge is -2.19. The number of fused-ring (bicyclic) bond motifs is 3. The molecule has 92 valence electrons. The smallest absolute Gasteiger partial charge is 0.0648 e. The molecule has 0 aliphatic carbocycles. The Bertz CT molecular complexity index is 1060. The van der Waals surface area contributed by atoms with Crippen LogP contribution in [0.1, 0.15) is 35.9 Å². The van der Waals surface area contributed by atoms with E-state index in [1.54, 1.807) is 11.6 Å². The molecule has 1 nitrogen and oxygen atoms in total. The van der Waals surface area contributed by atoms with Crippen molar-refractivity contribution in [1.82, 2.24) is 4.57 Å². The lowest BCUT2D eigenvalue weighted by Crippen LogP contribution is -2.10. The second kappa shape index (κ2) is 3.61. The Hall–Kier alpha value is -1.76. The molecule has 0 amide bonds. The van der Waals surface area contributed by atoms with Crippen LogP contribution in [-0.4, -0.2) is 4.57 Å². The number of para-hydroxylation sites is 1. The molecular formula is C17H19N.